The molecule has 2 atom stereocenters. The standard InChI is InChI=1S/C12H21N3O2S/c1-8-5-6-9(2)15(7-8)18(16,17)12-10(3)13-14-11(12)4/h8-9H,5-7H2,1-4H3,(H,13,14). The minimum Gasteiger partial charge on any atom is -0.281 e. The first-order chi connectivity index (χ1) is 8.34. The molecule has 0 bridgehead atoms. The van der Waals surface area contributed by atoms with E-state index in [1.165, 1.54) is 0 Å². The van der Waals surface area contributed by atoms with Crippen molar-refractivity contribution in [3.05, 3.63) is 11.4 Å². The zero-order chi connectivity index (χ0) is 13.5. The van der Waals surface area contributed by atoms with Crippen LogP contribution in [0, 0.1) is 19.8 Å². The molecule has 0 radical (unpaired) electrons. The summed E-state index contributed by atoms with van der Waals surface area (Å²) in [6, 6.07) is 0.0694. The number of piperidine rings is 1. The predicted octanol–water partition coefficient (Wildman–Crippen LogP) is 1.84. The lowest BCUT2D eigenvalue weighted by molar-refractivity contribution is 0.218. The number of nitrogens with zero attached hydrogens (tertiary/aromatic N) is 2. The normalized spacial score (nSPS) is 26.4. The van der Waals surface area contributed by atoms with E-state index in [2.05, 4.69) is 17.1 Å². The minimum atomic E-state index is -3.42. The van der Waals surface area contributed by atoms with Crippen molar-refractivity contribution >= 4 is 10.0 Å². The topological polar surface area (TPSA) is 66.1 Å². The first kappa shape index (κ1) is 13.5. The van der Waals surface area contributed by atoms with Crippen LogP contribution in [0.15, 0.2) is 4.90 Å². The number of H-pyrrole nitrogens is 1. The summed E-state index contributed by atoms with van der Waals surface area (Å²) in [6.07, 6.45) is 2.02. The largest absolute Gasteiger partial charge is 0.281 e. The van der Waals surface area contributed by atoms with Gasteiger partial charge in [0.05, 0.1) is 11.4 Å². The lowest BCUT2D eigenvalue weighted by atomic mass is 9.97. The van der Waals surface area contributed by atoms with E-state index < -0.39 is 10.0 Å². The van der Waals surface area contributed by atoms with Gasteiger partial charge in [0.25, 0.3) is 0 Å². The molecule has 1 N–H and O–H groups in total. The summed E-state index contributed by atoms with van der Waals surface area (Å²) in [6.45, 7) is 8.17. The van der Waals surface area contributed by atoms with Crippen molar-refractivity contribution in [2.24, 2.45) is 5.92 Å². The summed E-state index contributed by atoms with van der Waals surface area (Å²) in [5, 5.41) is 6.74. The quantitative estimate of drug-likeness (QED) is 0.892. The lowest BCUT2D eigenvalue weighted by Crippen LogP contribution is -2.45. The molecule has 0 saturated carbocycles. The molecule has 1 fully saturated rings. The van der Waals surface area contributed by atoms with Gasteiger partial charge in [0, 0.05) is 12.6 Å². The number of hydrogen-bond acceptors (Lipinski definition) is 3. The van der Waals surface area contributed by atoms with Crippen LogP contribution in [-0.2, 0) is 10.0 Å². The van der Waals surface area contributed by atoms with Gasteiger partial charge in [-0.15, -0.1) is 0 Å². The fourth-order valence-corrected chi connectivity index (χ4v) is 4.74. The Bertz CT molecular complexity index is 516. The van der Waals surface area contributed by atoms with Gasteiger partial charge in [-0.05, 0) is 39.5 Å². The van der Waals surface area contributed by atoms with E-state index in [0.717, 1.165) is 12.8 Å². The molecule has 6 heteroatoms. The van der Waals surface area contributed by atoms with Crippen LogP contribution in [0.1, 0.15) is 38.1 Å². The van der Waals surface area contributed by atoms with Gasteiger partial charge in [-0.2, -0.15) is 9.40 Å². The highest BCUT2D eigenvalue weighted by atomic mass is 32.2. The van der Waals surface area contributed by atoms with Crippen molar-refractivity contribution in [2.45, 2.75) is 51.5 Å². The minimum absolute atomic E-state index is 0.0694. The van der Waals surface area contributed by atoms with E-state index in [4.69, 9.17) is 0 Å². The van der Waals surface area contributed by atoms with Gasteiger partial charge < -0.3 is 0 Å². The first-order valence-corrected chi connectivity index (χ1v) is 7.81. The lowest BCUT2D eigenvalue weighted by Gasteiger charge is -2.35. The van der Waals surface area contributed by atoms with Crippen molar-refractivity contribution in [1.82, 2.24) is 14.5 Å². The van der Waals surface area contributed by atoms with Crippen LogP contribution >= 0.6 is 0 Å². The third-order valence-electron chi connectivity index (χ3n) is 3.69. The molecule has 1 saturated heterocycles. The Kier molecular flexibility index (Phi) is 3.51. The molecule has 2 heterocycles. The third-order valence-corrected chi connectivity index (χ3v) is 5.93. The van der Waals surface area contributed by atoms with Crippen LogP contribution in [0.25, 0.3) is 0 Å². The fourth-order valence-electron chi connectivity index (χ4n) is 2.62. The van der Waals surface area contributed by atoms with E-state index in [1.54, 1.807) is 18.2 Å². The molecular weight excluding hydrogens is 250 g/mol. The van der Waals surface area contributed by atoms with E-state index in [-0.39, 0.29) is 6.04 Å². The molecule has 0 aromatic carbocycles. The van der Waals surface area contributed by atoms with Gasteiger partial charge in [-0.25, -0.2) is 8.42 Å². The third kappa shape index (κ3) is 2.19. The highest BCUT2D eigenvalue weighted by Crippen LogP contribution is 2.29. The van der Waals surface area contributed by atoms with Crippen molar-refractivity contribution < 1.29 is 8.42 Å². The van der Waals surface area contributed by atoms with Crippen LogP contribution in [-0.4, -0.2) is 35.5 Å². The van der Waals surface area contributed by atoms with Crippen LogP contribution in [0.2, 0.25) is 0 Å². The monoisotopic (exact) mass is 271 g/mol. The Hall–Kier alpha value is -0.880. The zero-order valence-corrected chi connectivity index (χ0v) is 12.2. The smallest absolute Gasteiger partial charge is 0.246 e. The second-order valence-corrected chi connectivity index (χ2v) is 7.20. The molecule has 2 rings (SSSR count). The summed E-state index contributed by atoms with van der Waals surface area (Å²) in [5.41, 5.74) is 1.18. The van der Waals surface area contributed by atoms with Gasteiger partial charge >= 0.3 is 0 Å². The average molecular weight is 271 g/mol. The van der Waals surface area contributed by atoms with E-state index in [0.29, 0.717) is 28.7 Å². The Balaban J connectivity index is 2.42. The fraction of sp³-hybridized carbons (Fsp3) is 0.750. The number of hydrogen-bond donors (Lipinski definition) is 1. The SMILES string of the molecule is Cc1n[nH]c(C)c1S(=O)(=O)N1CC(C)CCC1C. The van der Waals surface area contributed by atoms with Gasteiger partial charge in [0.1, 0.15) is 4.90 Å². The molecule has 1 aliphatic heterocycles. The van der Waals surface area contributed by atoms with Crippen molar-refractivity contribution in [1.29, 1.82) is 0 Å². The highest BCUT2D eigenvalue weighted by molar-refractivity contribution is 7.89. The van der Waals surface area contributed by atoms with Crippen LogP contribution in [0.4, 0.5) is 0 Å². The molecular formula is C12H21N3O2S. The molecule has 1 aliphatic rings. The highest BCUT2D eigenvalue weighted by Gasteiger charge is 2.36. The summed E-state index contributed by atoms with van der Waals surface area (Å²) in [7, 11) is -3.42. The maximum Gasteiger partial charge on any atom is 0.246 e. The number of aromatic nitrogens is 2. The first-order valence-electron chi connectivity index (χ1n) is 6.37. The van der Waals surface area contributed by atoms with Gasteiger partial charge in [0.15, 0.2) is 0 Å². The zero-order valence-electron chi connectivity index (χ0n) is 11.4. The number of aryl methyl sites for hydroxylation is 2. The summed E-state index contributed by atoms with van der Waals surface area (Å²) < 4.78 is 27.1. The van der Waals surface area contributed by atoms with Crippen LogP contribution in [0.5, 0.6) is 0 Å². The van der Waals surface area contributed by atoms with Gasteiger partial charge in [-0.3, -0.25) is 5.10 Å². The number of rotatable bonds is 2. The number of aromatic amines is 1. The van der Waals surface area contributed by atoms with E-state index in [9.17, 15) is 8.42 Å². The maximum absolute atomic E-state index is 12.7. The molecule has 102 valence electrons. The summed E-state index contributed by atoms with van der Waals surface area (Å²) in [4.78, 5) is 0.350. The summed E-state index contributed by atoms with van der Waals surface area (Å²) in [5.74, 6) is 0.420. The molecule has 2 unspecified atom stereocenters. The molecule has 18 heavy (non-hydrogen) atoms. The molecule has 0 aliphatic carbocycles. The molecule has 1 aromatic heterocycles. The maximum atomic E-state index is 12.7. The van der Waals surface area contributed by atoms with Crippen molar-refractivity contribution in [3.8, 4) is 0 Å². The Labute approximate surface area is 109 Å². The Morgan fingerprint density at radius 1 is 1.28 bits per heavy atom. The Morgan fingerprint density at radius 2 is 1.94 bits per heavy atom. The molecule has 1 aromatic rings. The van der Waals surface area contributed by atoms with Gasteiger partial charge in [0.2, 0.25) is 10.0 Å². The van der Waals surface area contributed by atoms with Crippen LogP contribution in [0.3, 0.4) is 0 Å². The van der Waals surface area contributed by atoms with Crippen molar-refractivity contribution in [2.75, 3.05) is 6.54 Å². The van der Waals surface area contributed by atoms with Crippen LogP contribution < -0.4 is 0 Å². The number of nitrogens with one attached hydrogen (secondary N) is 1. The second kappa shape index (κ2) is 4.66. The van der Waals surface area contributed by atoms with Crippen molar-refractivity contribution in [3.63, 3.8) is 0 Å². The number of sulfonamides is 1. The predicted molar refractivity (Wildman–Crippen MR) is 69.8 cm³/mol. The molecule has 5 nitrogen and oxygen atoms in total. The Morgan fingerprint density at radius 3 is 2.50 bits per heavy atom. The summed E-state index contributed by atoms with van der Waals surface area (Å²) >= 11 is 0. The molecule has 0 amide bonds. The molecule has 0 spiro atoms. The average Bonchev–Trinajstić information content (AvgIpc) is 2.62. The van der Waals surface area contributed by atoms with Gasteiger partial charge in [-0.1, -0.05) is 6.92 Å². The second-order valence-electron chi connectivity index (χ2n) is 5.37. The van der Waals surface area contributed by atoms with E-state index in [1.807, 2.05) is 6.92 Å². The van der Waals surface area contributed by atoms with E-state index >= 15 is 0 Å².